The summed E-state index contributed by atoms with van der Waals surface area (Å²) in [5.41, 5.74) is 3.27. The summed E-state index contributed by atoms with van der Waals surface area (Å²) in [6.45, 7) is 5.02. The average molecular weight is 478 g/mol. The fourth-order valence-corrected chi connectivity index (χ4v) is 4.50. The molecule has 8 heteroatoms. The Hall–Kier alpha value is -1.70. The van der Waals surface area contributed by atoms with Gasteiger partial charge in [0.2, 0.25) is 0 Å². The number of carbonyl (C=O) groups excluding carboxylic acids is 1. The summed E-state index contributed by atoms with van der Waals surface area (Å²) in [6.07, 6.45) is 3.98. The first-order valence-corrected chi connectivity index (χ1v) is 11.9. The number of aromatic nitrogens is 1. The second-order valence-corrected chi connectivity index (χ2v) is 9.22. The zero-order valence-corrected chi connectivity index (χ0v) is 19.6. The van der Waals surface area contributed by atoms with Gasteiger partial charge in [0, 0.05) is 73.0 Å². The number of anilines is 1. The van der Waals surface area contributed by atoms with Gasteiger partial charge in [-0.15, -0.1) is 0 Å². The van der Waals surface area contributed by atoms with Gasteiger partial charge in [0.1, 0.15) is 5.78 Å². The van der Waals surface area contributed by atoms with Crippen LogP contribution in [-0.2, 0) is 20.7 Å². The van der Waals surface area contributed by atoms with Gasteiger partial charge >= 0.3 is 0 Å². The second-order valence-electron chi connectivity index (χ2n) is 8.41. The molecule has 1 aromatic heterocycles. The number of nitrogens with zero attached hydrogens (tertiary/aromatic N) is 1. The third-order valence-corrected chi connectivity index (χ3v) is 6.68. The number of nitrogens with one attached hydrogen (secondary N) is 2. The molecule has 0 amide bonds. The summed E-state index contributed by atoms with van der Waals surface area (Å²) in [5, 5.41) is 7.87. The molecule has 0 bridgehead atoms. The summed E-state index contributed by atoms with van der Waals surface area (Å²) in [7, 11) is 0. The Balaban J connectivity index is 1.49. The quantitative estimate of drug-likeness (QED) is 0.621. The Morgan fingerprint density at radius 3 is 2.75 bits per heavy atom. The van der Waals surface area contributed by atoms with Gasteiger partial charge in [-0.2, -0.15) is 0 Å². The van der Waals surface area contributed by atoms with Gasteiger partial charge in [0.05, 0.1) is 24.2 Å². The van der Waals surface area contributed by atoms with Crippen LogP contribution in [0.1, 0.15) is 18.5 Å². The maximum absolute atomic E-state index is 12.8. The Morgan fingerprint density at radius 2 is 1.91 bits per heavy atom. The summed E-state index contributed by atoms with van der Waals surface area (Å²) < 4.78 is 11.0. The van der Waals surface area contributed by atoms with E-state index in [4.69, 9.17) is 32.7 Å². The first-order chi connectivity index (χ1) is 15.6. The van der Waals surface area contributed by atoms with Gasteiger partial charge in [0.15, 0.2) is 0 Å². The first-order valence-electron chi connectivity index (χ1n) is 11.2. The molecular formula is C24H29Cl2N3O3. The van der Waals surface area contributed by atoms with Gasteiger partial charge < -0.3 is 20.1 Å². The van der Waals surface area contributed by atoms with Crippen LogP contribution >= 0.6 is 23.2 Å². The highest BCUT2D eigenvalue weighted by Gasteiger charge is 2.22. The fourth-order valence-electron chi connectivity index (χ4n) is 4.07. The highest BCUT2D eigenvalue weighted by molar-refractivity contribution is 6.36. The zero-order chi connectivity index (χ0) is 22.3. The lowest BCUT2D eigenvalue weighted by atomic mass is 9.98. The molecule has 1 atom stereocenters. The van der Waals surface area contributed by atoms with Crippen molar-refractivity contribution in [1.29, 1.82) is 0 Å². The van der Waals surface area contributed by atoms with E-state index in [2.05, 4.69) is 15.6 Å². The van der Waals surface area contributed by atoms with Crippen LogP contribution in [0.2, 0.25) is 10.0 Å². The monoisotopic (exact) mass is 477 g/mol. The fraction of sp³-hybridized carbons (Fsp3) is 0.500. The second kappa shape index (κ2) is 11.4. The van der Waals surface area contributed by atoms with Crippen molar-refractivity contribution in [2.45, 2.75) is 19.3 Å². The van der Waals surface area contributed by atoms with Crippen molar-refractivity contribution in [2.75, 3.05) is 51.4 Å². The number of ketones is 1. The molecule has 2 saturated heterocycles. The topological polar surface area (TPSA) is 72.5 Å². The van der Waals surface area contributed by atoms with Crippen molar-refractivity contribution >= 4 is 34.7 Å². The van der Waals surface area contributed by atoms with E-state index in [0.29, 0.717) is 41.4 Å². The van der Waals surface area contributed by atoms with E-state index in [-0.39, 0.29) is 18.1 Å². The smallest absolute Gasteiger partial charge is 0.145 e. The number of halogens is 2. The lowest BCUT2D eigenvalue weighted by molar-refractivity contribution is -0.123. The summed E-state index contributed by atoms with van der Waals surface area (Å²) in [6, 6.07) is 7.73. The van der Waals surface area contributed by atoms with E-state index in [9.17, 15) is 4.79 Å². The third kappa shape index (κ3) is 6.21. The van der Waals surface area contributed by atoms with Gasteiger partial charge in [-0.3, -0.25) is 9.78 Å². The molecule has 0 saturated carbocycles. The van der Waals surface area contributed by atoms with Crippen molar-refractivity contribution in [2.24, 2.45) is 11.8 Å². The molecule has 0 aliphatic carbocycles. The van der Waals surface area contributed by atoms with Gasteiger partial charge in [-0.05, 0) is 43.0 Å². The minimum Gasteiger partial charge on any atom is -0.385 e. The molecule has 0 spiro atoms. The lowest BCUT2D eigenvalue weighted by Gasteiger charge is -2.23. The molecule has 2 aromatic rings. The van der Waals surface area contributed by atoms with E-state index in [1.54, 1.807) is 6.20 Å². The van der Waals surface area contributed by atoms with Crippen LogP contribution in [0.5, 0.6) is 0 Å². The molecule has 4 rings (SSSR count). The Labute approximate surface area is 199 Å². The maximum Gasteiger partial charge on any atom is 0.145 e. The molecule has 2 fully saturated rings. The van der Waals surface area contributed by atoms with Crippen LogP contribution in [0.4, 0.5) is 5.69 Å². The number of benzene rings is 1. The minimum atomic E-state index is -0.167. The average Bonchev–Trinajstić information content (AvgIpc) is 3.10. The molecule has 172 valence electrons. The molecule has 0 unspecified atom stereocenters. The summed E-state index contributed by atoms with van der Waals surface area (Å²) in [5.74, 6) is 0.547. The molecule has 3 heterocycles. The Kier molecular flexibility index (Phi) is 8.38. The predicted octanol–water partition coefficient (Wildman–Crippen LogP) is 4.24. The molecule has 2 aliphatic rings. The predicted molar refractivity (Wildman–Crippen MR) is 128 cm³/mol. The number of hydrogen-bond acceptors (Lipinski definition) is 6. The number of pyridine rings is 1. The van der Waals surface area contributed by atoms with Gasteiger partial charge in [0.25, 0.3) is 0 Å². The lowest BCUT2D eigenvalue weighted by Crippen LogP contribution is -2.30. The summed E-state index contributed by atoms with van der Waals surface area (Å²) >= 11 is 13.0. The molecule has 2 N–H and O–H groups in total. The van der Waals surface area contributed by atoms with Crippen molar-refractivity contribution < 1.29 is 14.3 Å². The molecule has 2 aliphatic heterocycles. The van der Waals surface area contributed by atoms with Crippen LogP contribution in [-0.4, -0.2) is 56.8 Å². The number of carbonyl (C=O) groups is 1. The minimum absolute atomic E-state index is 0.109. The summed E-state index contributed by atoms with van der Waals surface area (Å²) in [4.78, 5) is 17.2. The van der Waals surface area contributed by atoms with Crippen LogP contribution in [0.3, 0.4) is 0 Å². The van der Waals surface area contributed by atoms with E-state index >= 15 is 0 Å². The van der Waals surface area contributed by atoms with E-state index < -0.39 is 0 Å². The first kappa shape index (κ1) is 23.5. The molecule has 32 heavy (non-hydrogen) atoms. The SMILES string of the molecule is O=C(Cc1cc(-c2cc(NCC3CCOCC3)ccc2Cl)c(Cl)cn1)[C@@H]1CNCCOC1. The van der Waals surface area contributed by atoms with Crippen molar-refractivity contribution in [3.8, 4) is 11.1 Å². The zero-order valence-electron chi connectivity index (χ0n) is 18.0. The third-order valence-electron chi connectivity index (χ3n) is 6.05. The number of Topliss-reactive ketones (excluding diaryl/α,β-unsaturated/α-hetero) is 1. The highest BCUT2D eigenvalue weighted by atomic mass is 35.5. The molecule has 6 nitrogen and oxygen atoms in total. The van der Waals surface area contributed by atoms with Crippen LogP contribution in [0, 0.1) is 11.8 Å². The maximum atomic E-state index is 12.8. The largest absolute Gasteiger partial charge is 0.385 e. The van der Waals surface area contributed by atoms with Crippen LogP contribution in [0.15, 0.2) is 30.5 Å². The molecular weight excluding hydrogens is 449 g/mol. The van der Waals surface area contributed by atoms with Crippen LogP contribution in [0.25, 0.3) is 11.1 Å². The number of ether oxygens (including phenoxy) is 2. The standard InChI is InChI=1S/C24H29Cl2N3O3/c25-22-2-1-18(28-12-16-3-6-31-7-4-16)9-20(22)21-10-19(29-14-23(21)26)11-24(30)17-13-27-5-8-32-15-17/h1-2,9-10,14,16-17,27-28H,3-8,11-13,15H2/t17-/m1/s1. The van der Waals surface area contributed by atoms with Crippen molar-refractivity contribution in [3.05, 3.63) is 46.2 Å². The van der Waals surface area contributed by atoms with Crippen LogP contribution < -0.4 is 10.6 Å². The number of rotatable bonds is 7. The van der Waals surface area contributed by atoms with Gasteiger partial charge in [-0.25, -0.2) is 0 Å². The van der Waals surface area contributed by atoms with Gasteiger partial charge in [-0.1, -0.05) is 23.2 Å². The highest BCUT2D eigenvalue weighted by Crippen LogP contribution is 2.35. The van der Waals surface area contributed by atoms with E-state index in [1.807, 2.05) is 24.3 Å². The Bertz CT molecular complexity index is 927. The Morgan fingerprint density at radius 1 is 1.09 bits per heavy atom. The van der Waals surface area contributed by atoms with E-state index in [1.165, 1.54) is 0 Å². The molecule has 1 aromatic carbocycles. The normalized spacial score (nSPS) is 20.0. The molecule has 0 radical (unpaired) electrons. The van der Waals surface area contributed by atoms with Crippen molar-refractivity contribution in [1.82, 2.24) is 10.3 Å². The van der Waals surface area contributed by atoms with E-state index in [0.717, 1.165) is 56.0 Å². The number of hydrogen-bond donors (Lipinski definition) is 2. The van der Waals surface area contributed by atoms with Crippen molar-refractivity contribution in [3.63, 3.8) is 0 Å².